The van der Waals surface area contributed by atoms with Gasteiger partial charge in [0.1, 0.15) is 11.5 Å². The van der Waals surface area contributed by atoms with Crippen molar-refractivity contribution in [3.8, 4) is 0 Å². The molecule has 3 N–H and O–H groups in total. The Morgan fingerprint density at radius 2 is 1.91 bits per heavy atom. The maximum Gasteiger partial charge on any atom is 0.353 e. The largest absolute Gasteiger partial charge is 0.477 e. The van der Waals surface area contributed by atoms with Crippen LogP contribution in [0, 0.1) is 17.8 Å². The Bertz CT molecular complexity index is 918. The zero-order chi connectivity index (χ0) is 25.4. The van der Waals surface area contributed by atoms with Gasteiger partial charge in [0.25, 0.3) is 0 Å². The summed E-state index contributed by atoms with van der Waals surface area (Å²) in [6.45, 7) is 7.86. The number of nitrogens with one attached hydrogen (secondary N) is 2. The molecule has 4 rings (SSSR count). The van der Waals surface area contributed by atoms with Crippen LogP contribution in [0.15, 0.2) is 10.6 Å². The molecule has 2 amide bonds. The molecule has 0 bridgehead atoms. The SMILES string of the molecule is C[C@@H](CC(=O)CN(C)C)[C@H]1C(=O)N2C(C(=O)O)=C(S[C@@H]3CN[C@H](C(=O)N4CCNCC4)C3)[C@H](C)[C@@H]12. The lowest BCUT2D eigenvalue weighted by Crippen LogP contribution is -2.62. The van der Waals surface area contributed by atoms with E-state index in [1.54, 1.807) is 0 Å². The summed E-state index contributed by atoms with van der Waals surface area (Å²) >= 11 is 1.50. The van der Waals surface area contributed by atoms with Crippen molar-refractivity contribution in [1.29, 1.82) is 0 Å². The molecule has 0 aromatic heterocycles. The molecular formula is C24H37N5O5S. The Labute approximate surface area is 210 Å². The Morgan fingerprint density at radius 3 is 2.54 bits per heavy atom. The van der Waals surface area contributed by atoms with Crippen LogP contribution < -0.4 is 10.6 Å². The second kappa shape index (κ2) is 10.6. The van der Waals surface area contributed by atoms with Crippen LogP contribution in [-0.4, -0.2) is 114 Å². The highest BCUT2D eigenvalue weighted by molar-refractivity contribution is 8.03. The third-order valence-corrected chi connectivity index (χ3v) is 9.07. The van der Waals surface area contributed by atoms with Gasteiger partial charge in [-0.3, -0.25) is 14.4 Å². The van der Waals surface area contributed by atoms with Crippen molar-refractivity contribution in [2.75, 3.05) is 53.4 Å². The van der Waals surface area contributed by atoms with E-state index in [-0.39, 0.29) is 58.4 Å². The van der Waals surface area contributed by atoms with Crippen LogP contribution in [0.5, 0.6) is 0 Å². The minimum absolute atomic E-state index is 0.0602. The number of hydrogen-bond donors (Lipinski definition) is 3. The van der Waals surface area contributed by atoms with Crippen molar-refractivity contribution >= 4 is 35.3 Å². The summed E-state index contributed by atoms with van der Waals surface area (Å²) < 4.78 is 0. The van der Waals surface area contributed by atoms with Crippen LogP contribution in [-0.2, 0) is 19.2 Å². The van der Waals surface area contributed by atoms with Gasteiger partial charge in [0.2, 0.25) is 11.8 Å². The molecule has 4 aliphatic rings. The molecule has 0 aromatic rings. The fourth-order valence-corrected chi connectivity index (χ4v) is 7.42. The fraction of sp³-hybridized carbons (Fsp3) is 0.750. The van der Waals surface area contributed by atoms with E-state index in [9.17, 15) is 24.3 Å². The van der Waals surface area contributed by atoms with E-state index in [1.165, 1.54) is 16.7 Å². The topological polar surface area (TPSA) is 122 Å². The van der Waals surface area contributed by atoms with Crippen molar-refractivity contribution in [3.05, 3.63) is 10.6 Å². The van der Waals surface area contributed by atoms with E-state index in [2.05, 4.69) is 10.6 Å². The number of β-lactam (4-membered cyclic amide) rings is 1. The molecule has 0 aromatic carbocycles. The molecule has 35 heavy (non-hydrogen) atoms. The number of carboxylic acids is 1. The number of fused-ring (bicyclic) bond motifs is 1. The summed E-state index contributed by atoms with van der Waals surface area (Å²) in [5, 5.41) is 16.6. The first kappa shape index (κ1) is 26.1. The highest BCUT2D eigenvalue weighted by Crippen LogP contribution is 2.53. The van der Waals surface area contributed by atoms with E-state index >= 15 is 0 Å². The van der Waals surface area contributed by atoms with Gasteiger partial charge in [0.15, 0.2) is 0 Å². The van der Waals surface area contributed by atoms with Crippen molar-refractivity contribution < 1.29 is 24.3 Å². The van der Waals surface area contributed by atoms with E-state index in [4.69, 9.17) is 0 Å². The van der Waals surface area contributed by atoms with Crippen molar-refractivity contribution in [2.24, 2.45) is 17.8 Å². The number of piperazine rings is 1. The van der Waals surface area contributed by atoms with Crippen LogP contribution in [0.4, 0.5) is 0 Å². The fourth-order valence-electron chi connectivity index (χ4n) is 5.94. The average molecular weight is 508 g/mol. The van der Waals surface area contributed by atoms with Crippen LogP contribution in [0.1, 0.15) is 26.7 Å². The van der Waals surface area contributed by atoms with Gasteiger partial charge in [-0.1, -0.05) is 13.8 Å². The summed E-state index contributed by atoms with van der Waals surface area (Å²) in [7, 11) is 3.67. The summed E-state index contributed by atoms with van der Waals surface area (Å²) in [6.07, 6.45) is 0.937. The summed E-state index contributed by atoms with van der Waals surface area (Å²) in [5.41, 5.74) is 0.0810. The van der Waals surface area contributed by atoms with Crippen molar-refractivity contribution in [1.82, 2.24) is 25.3 Å². The van der Waals surface area contributed by atoms with Crippen LogP contribution >= 0.6 is 11.8 Å². The van der Waals surface area contributed by atoms with Gasteiger partial charge in [-0.2, -0.15) is 0 Å². The average Bonchev–Trinajstić information content (AvgIpc) is 3.35. The summed E-state index contributed by atoms with van der Waals surface area (Å²) in [6, 6.07) is -0.490. The number of nitrogens with zero attached hydrogens (tertiary/aromatic N) is 3. The molecule has 4 aliphatic heterocycles. The predicted octanol–water partition coefficient (Wildman–Crippen LogP) is -0.188. The molecule has 0 saturated carbocycles. The molecule has 194 valence electrons. The molecule has 3 saturated heterocycles. The number of amides is 2. The van der Waals surface area contributed by atoms with E-state index in [1.807, 2.05) is 37.7 Å². The van der Waals surface area contributed by atoms with Crippen molar-refractivity contribution in [3.63, 3.8) is 0 Å². The number of carboxylic acid groups (broad SMARTS) is 1. The van der Waals surface area contributed by atoms with Crippen molar-refractivity contribution in [2.45, 2.75) is 44.0 Å². The number of hydrogen-bond acceptors (Lipinski definition) is 8. The van der Waals surface area contributed by atoms with E-state index < -0.39 is 5.97 Å². The normalized spacial score (nSPS) is 31.6. The second-order valence-corrected chi connectivity index (χ2v) is 11.8. The Kier molecular flexibility index (Phi) is 7.89. The Morgan fingerprint density at radius 1 is 1.23 bits per heavy atom. The molecule has 0 unspecified atom stereocenters. The van der Waals surface area contributed by atoms with Gasteiger partial charge < -0.3 is 30.4 Å². The number of rotatable bonds is 9. The lowest BCUT2D eigenvalue weighted by molar-refractivity contribution is -0.160. The molecule has 0 spiro atoms. The number of likely N-dealkylation sites (N-methyl/N-ethyl adjacent to an activating group) is 1. The Hall–Kier alpha value is -1.95. The standard InChI is InChI=1S/C24H37N5O5S/c1-13(9-15(30)12-27(3)4)18-19-14(2)21(20(24(33)34)29(19)23(18)32)35-16-10-17(26-11-16)22(31)28-7-5-25-6-8-28/h13-14,16-19,25-26H,5-12H2,1-4H3,(H,33,34)/t13-,14+,16-,17-,18+,19-/m0/s1. The first-order chi connectivity index (χ1) is 16.6. The highest BCUT2D eigenvalue weighted by Gasteiger charge is 2.60. The van der Waals surface area contributed by atoms with Crippen LogP contribution in [0.3, 0.4) is 0 Å². The van der Waals surface area contributed by atoms with E-state index in [0.29, 0.717) is 43.9 Å². The number of carbonyl (C=O) groups is 4. The third-order valence-electron chi connectivity index (χ3n) is 7.56. The van der Waals surface area contributed by atoms with Crippen LogP contribution in [0.2, 0.25) is 0 Å². The zero-order valence-electron chi connectivity index (χ0n) is 21.0. The molecule has 0 radical (unpaired) electrons. The lowest BCUT2D eigenvalue weighted by atomic mass is 9.73. The lowest BCUT2D eigenvalue weighted by Gasteiger charge is -2.47. The maximum absolute atomic E-state index is 13.1. The zero-order valence-corrected chi connectivity index (χ0v) is 21.8. The molecular weight excluding hydrogens is 470 g/mol. The van der Waals surface area contributed by atoms with Gasteiger partial charge in [0.05, 0.1) is 24.5 Å². The molecule has 3 fully saturated rings. The second-order valence-electron chi connectivity index (χ2n) is 10.5. The van der Waals surface area contributed by atoms with E-state index in [0.717, 1.165) is 13.1 Å². The summed E-state index contributed by atoms with van der Waals surface area (Å²) in [5.74, 6) is -1.72. The molecule has 6 atom stereocenters. The molecule has 4 heterocycles. The van der Waals surface area contributed by atoms with Gasteiger partial charge >= 0.3 is 5.97 Å². The predicted molar refractivity (Wildman–Crippen MR) is 133 cm³/mol. The molecule has 11 heteroatoms. The number of thioether (sulfide) groups is 1. The van der Waals surface area contributed by atoms with Gasteiger partial charge in [-0.15, -0.1) is 11.8 Å². The van der Waals surface area contributed by atoms with Gasteiger partial charge in [-0.05, 0) is 26.4 Å². The first-order valence-electron chi connectivity index (χ1n) is 12.5. The Balaban J connectivity index is 1.42. The molecule has 10 nitrogen and oxygen atoms in total. The maximum atomic E-state index is 13.1. The minimum Gasteiger partial charge on any atom is -0.477 e. The molecule has 0 aliphatic carbocycles. The first-order valence-corrected chi connectivity index (χ1v) is 13.3. The quantitative estimate of drug-likeness (QED) is 0.365. The minimum atomic E-state index is -1.09. The highest BCUT2D eigenvalue weighted by atomic mass is 32.2. The monoisotopic (exact) mass is 507 g/mol. The third kappa shape index (κ3) is 5.14. The number of carbonyl (C=O) groups excluding carboxylic acids is 3. The smallest absolute Gasteiger partial charge is 0.353 e. The van der Waals surface area contributed by atoms with Crippen LogP contribution in [0.25, 0.3) is 0 Å². The number of aliphatic carboxylic acids is 1. The summed E-state index contributed by atoms with van der Waals surface area (Å²) in [4.78, 5) is 56.4. The van der Waals surface area contributed by atoms with Gasteiger partial charge in [0, 0.05) is 55.2 Å². The number of ketones is 1. The van der Waals surface area contributed by atoms with Gasteiger partial charge in [-0.25, -0.2) is 4.79 Å². The number of Topliss-reactive ketones (excluding diaryl/α,β-unsaturated/α-hetero) is 1.